The van der Waals surface area contributed by atoms with Crippen molar-refractivity contribution in [3.63, 3.8) is 0 Å². The van der Waals surface area contributed by atoms with Crippen molar-refractivity contribution in [3.05, 3.63) is 130 Å². The number of rotatable bonds is 7. The van der Waals surface area contributed by atoms with Crippen molar-refractivity contribution in [3.8, 4) is 11.1 Å². The first-order valence-electron chi connectivity index (χ1n) is 16.6. The maximum absolute atomic E-state index is 13.2. The van der Waals surface area contributed by atoms with Crippen LogP contribution in [0.3, 0.4) is 0 Å². The average molecular weight is 653 g/mol. The van der Waals surface area contributed by atoms with E-state index >= 15 is 0 Å². The first-order chi connectivity index (χ1) is 21.9. The van der Waals surface area contributed by atoms with E-state index in [1.807, 2.05) is 41.5 Å². The van der Waals surface area contributed by atoms with E-state index in [0.29, 0.717) is 11.8 Å². The quantitative estimate of drug-likeness (QED) is 0.196. The van der Waals surface area contributed by atoms with Crippen LogP contribution in [0.4, 0.5) is 0 Å². The molecule has 0 spiro atoms. The molecule has 0 aromatic heterocycles. The van der Waals surface area contributed by atoms with Gasteiger partial charge < -0.3 is 9.11 Å². The van der Waals surface area contributed by atoms with Crippen LogP contribution in [-0.4, -0.2) is 18.6 Å². The van der Waals surface area contributed by atoms with Gasteiger partial charge in [-0.25, -0.2) is 0 Å². The average Bonchev–Trinajstić information content (AvgIpc) is 3.04. The summed E-state index contributed by atoms with van der Waals surface area (Å²) in [5.41, 5.74) is 10.3. The van der Waals surface area contributed by atoms with Gasteiger partial charge in [0.05, 0.1) is 12.1 Å². The second-order valence-electron chi connectivity index (χ2n) is 15.0. The molecule has 6 heteroatoms. The Morgan fingerprint density at radius 3 is 1.72 bits per heavy atom. The van der Waals surface area contributed by atoms with Crippen LogP contribution in [0.5, 0.6) is 0 Å². The second-order valence-corrected chi connectivity index (χ2v) is 19.0. The van der Waals surface area contributed by atoms with Gasteiger partial charge in [0.1, 0.15) is 9.49 Å². The van der Waals surface area contributed by atoms with E-state index in [1.165, 1.54) is 44.5 Å². The van der Waals surface area contributed by atoms with Crippen molar-refractivity contribution in [2.24, 2.45) is 0 Å². The standard InChI is InChI=1S/C40H48N2O2S2/c1-39(2,3)45(43)41-37-26-33(23-31-15-10-11-18-35(31)37)29-17-12-16-28(21-29)30-19-20-36-34(22-30)24-32(27-13-8-7-9-14-27)25-38(36)42-46(44)40(4,5)6/h7-22,32-33,37-38,41-42H,23-26H2,1-6H3/t32-,33+,37+,38+,45?,46?/m0/s1. The summed E-state index contributed by atoms with van der Waals surface area (Å²) in [6.45, 7) is 12.1. The molecule has 4 aromatic carbocycles. The zero-order valence-electron chi connectivity index (χ0n) is 28.0. The van der Waals surface area contributed by atoms with Crippen LogP contribution < -0.4 is 9.44 Å². The number of fused-ring (bicyclic) bond motifs is 2. The number of nitrogens with one attached hydrogen (secondary N) is 2. The molecule has 0 saturated heterocycles. The number of hydrogen-bond acceptors (Lipinski definition) is 4. The van der Waals surface area contributed by atoms with E-state index < -0.39 is 22.7 Å². The molecule has 4 nitrogen and oxygen atoms in total. The highest BCUT2D eigenvalue weighted by Gasteiger charge is 2.36. The summed E-state index contributed by atoms with van der Waals surface area (Å²) in [6, 6.07) is 35.3. The lowest BCUT2D eigenvalue weighted by Crippen LogP contribution is -2.42. The van der Waals surface area contributed by atoms with Crippen molar-refractivity contribution in [1.82, 2.24) is 9.44 Å². The lowest BCUT2D eigenvalue weighted by molar-refractivity contribution is 0.456. The van der Waals surface area contributed by atoms with Crippen LogP contribution in [0.2, 0.25) is 0 Å². The van der Waals surface area contributed by atoms with Crippen LogP contribution in [0, 0.1) is 0 Å². The molecule has 46 heavy (non-hydrogen) atoms. The molecule has 2 aliphatic carbocycles. The lowest BCUT2D eigenvalue weighted by atomic mass is 9.76. The third kappa shape index (κ3) is 7.43. The minimum atomic E-state index is -1.16. The Hall–Kier alpha value is -2.58. The Balaban J connectivity index is 1.30. The minimum Gasteiger partial charge on any atom is -0.598 e. The molecule has 0 aliphatic heterocycles. The van der Waals surface area contributed by atoms with Gasteiger partial charge in [-0.1, -0.05) is 97.1 Å². The highest BCUT2D eigenvalue weighted by molar-refractivity contribution is 7.91. The Morgan fingerprint density at radius 1 is 0.543 bits per heavy atom. The molecule has 0 heterocycles. The molecular weight excluding hydrogens is 605 g/mol. The summed E-state index contributed by atoms with van der Waals surface area (Å²) in [7, 11) is 0. The fourth-order valence-corrected chi connectivity index (χ4v) is 8.59. The summed E-state index contributed by atoms with van der Waals surface area (Å²) in [4.78, 5) is 0. The Bertz CT molecular complexity index is 1650. The van der Waals surface area contributed by atoms with E-state index in [-0.39, 0.29) is 21.6 Å². The highest BCUT2D eigenvalue weighted by atomic mass is 32.2. The van der Waals surface area contributed by atoms with Crippen molar-refractivity contribution >= 4 is 22.7 Å². The van der Waals surface area contributed by atoms with E-state index in [1.54, 1.807) is 0 Å². The van der Waals surface area contributed by atoms with Crippen LogP contribution in [0.25, 0.3) is 11.1 Å². The molecule has 4 aromatic rings. The van der Waals surface area contributed by atoms with Crippen molar-refractivity contribution in [1.29, 1.82) is 0 Å². The number of hydrogen-bond donors (Lipinski definition) is 2. The Morgan fingerprint density at radius 2 is 1.07 bits per heavy atom. The normalized spacial score (nSPS) is 22.9. The molecule has 2 aliphatic rings. The summed E-state index contributed by atoms with van der Waals surface area (Å²) in [5, 5.41) is 0. The lowest BCUT2D eigenvalue weighted by Gasteiger charge is -2.35. The predicted molar refractivity (Wildman–Crippen MR) is 194 cm³/mol. The fourth-order valence-electron chi connectivity index (χ4n) is 6.92. The predicted octanol–water partition coefficient (Wildman–Crippen LogP) is 9.00. The molecule has 6 rings (SSSR count). The van der Waals surface area contributed by atoms with E-state index in [9.17, 15) is 9.11 Å². The molecule has 0 saturated carbocycles. The monoisotopic (exact) mass is 652 g/mol. The van der Waals surface area contributed by atoms with Gasteiger partial charge >= 0.3 is 0 Å². The van der Waals surface area contributed by atoms with Crippen molar-refractivity contribution < 1.29 is 9.11 Å². The summed E-state index contributed by atoms with van der Waals surface area (Å²) in [6.07, 6.45) is 3.77. The zero-order valence-corrected chi connectivity index (χ0v) is 29.6. The molecule has 2 unspecified atom stereocenters. The fraction of sp³-hybridized carbons (Fsp3) is 0.400. The highest BCUT2D eigenvalue weighted by Crippen LogP contribution is 2.43. The Labute approximate surface area is 282 Å². The molecule has 0 bridgehead atoms. The van der Waals surface area contributed by atoms with E-state index in [0.717, 1.165) is 25.7 Å². The Kier molecular flexibility index (Phi) is 9.78. The summed E-state index contributed by atoms with van der Waals surface area (Å²) in [5.74, 6) is 0.681. The minimum absolute atomic E-state index is 0.0276. The topological polar surface area (TPSA) is 70.2 Å². The van der Waals surface area contributed by atoms with Gasteiger partial charge in [-0.2, -0.15) is 0 Å². The van der Waals surface area contributed by atoms with Crippen molar-refractivity contribution in [2.75, 3.05) is 0 Å². The van der Waals surface area contributed by atoms with Crippen LogP contribution in [0.15, 0.2) is 97.1 Å². The van der Waals surface area contributed by atoms with E-state index in [4.69, 9.17) is 0 Å². The molecule has 2 N–H and O–H groups in total. The third-order valence-electron chi connectivity index (χ3n) is 9.50. The van der Waals surface area contributed by atoms with Gasteiger partial charge in [0.25, 0.3) is 0 Å². The smallest absolute Gasteiger partial charge is 0.136 e. The van der Waals surface area contributed by atoms with Crippen LogP contribution in [0.1, 0.15) is 112 Å². The first kappa shape index (κ1) is 33.3. The maximum atomic E-state index is 13.2. The zero-order chi connectivity index (χ0) is 32.6. The first-order valence-corrected chi connectivity index (χ1v) is 18.9. The number of benzene rings is 4. The van der Waals surface area contributed by atoms with Gasteiger partial charge in [-0.15, -0.1) is 9.44 Å². The van der Waals surface area contributed by atoms with E-state index in [2.05, 4.69) is 107 Å². The van der Waals surface area contributed by atoms with Gasteiger partial charge in [-0.05, 0) is 124 Å². The van der Waals surface area contributed by atoms with Gasteiger partial charge in [0, 0.05) is 22.7 Å². The second kappa shape index (κ2) is 13.5. The van der Waals surface area contributed by atoms with Crippen LogP contribution >= 0.6 is 0 Å². The SMILES string of the molecule is CC(C)(C)[S+]([O-])N[C@@H]1C[C@H](c2cccc(-c3ccc4c(c3)C[C@H](c3ccccc3)C[C@H]4N[S+]([O-])C(C)(C)C)c2)Cc2ccccc21. The molecule has 0 radical (unpaired) electrons. The molecule has 6 atom stereocenters. The molecule has 0 amide bonds. The van der Waals surface area contributed by atoms with Crippen LogP contribution in [-0.2, 0) is 35.6 Å². The van der Waals surface area contributed by atoms with Crippen molar-refractivity contribution in [2.45, 2.75) is 101 Å². The largest absolute Gasteiger partial charge is 0.598 e. The summed E-state index contributed by atoms with van der Waals surface area (Å²) >= 11 is -2.32. The van der Waals surface area contributed by atoms with Gasteiger partial charge in [0.15, 0.2) is 0 Å². The maximum Gasteiger partial charge on any atom is 0.136 e. The third-order valence-corrected chi connectivity index (χ3v) is 12.7. The summed E-state index contributed by atoms with van der Waals surface area (Å²) < 4.78 is 32.7. The molecule has 242 valence electrons. The van der Waals surface area contributed by atoms with Gasteiger partial charge in [-0.3, -0.25) is 0 Å². The molecule has 0 fully saturated rings. The molecular formula is C40H48N2O2S2. The van der Waals surface area contributed by atoms with Gasteiger partial charge in [0.2, 0.25) is 0 Å².